The first-order valence-corrected chi connectivity index (χ1v) is 14.8. The molecule has 0 fully saturated rings. The van der Waals surface area contributed by atoms with Gasteiger partial charge in [-0.2, -0.15) is 0 Å². The summed E-state index contributed by atoms with van der Waals surface area (Å²) in [5, 5.41) is 14.0. The minimum Gasteiger partial charge on any atom is -0.493 e. The van der Waals surface area contributed by atoms with E-state index in [-0.39, 0.29) is 11.8 Å². The van der Waals surface area contributed by atoms with Gasteiger partial charge in [0.25, 0.3) is 5.91 Å². The van der Waals surface area contributed by atoms with Gasteiger partial charge in [0.2, 0.25) is 5.88 Å². The van der Waals surface area contributed by atoms with Crippen molar-refractivity contribution in [3.05, 3.63) is 90.4 Å². The third kappa shape index (κ3) is 4.28. The standard InChI is InChI=1S/C32H24FN5O4S/c1-34-32(40)29-21-14-20(25(37(2)43(3)41)16-27(21)42-31(29)18-4-7-19(33)8-5-18)22-9-6-17-12-13-38-24-10-11-28(39)35-23(24)15-26(38)30(17)36-22/h4-16H,1-3H3,(H,34,40)(H,35,39). The lowest BCUT2D eigenvalue weighted by Crippen LogP contribution is -2.20. The largest absolute Gasteiger partial charge is 0.493 e. The Morgan fingerprint density at radius 1 is 1.02 bits per heavy atom. The van der Waals surface area contributed by atoms with E-state index in [1.807, 2.05) is 40.9 Å². The van der Waals surface area contributed by atoms with Gasteiger partial charge < -0.3 is 19.2 Å². The van der Waals surface area contributed by atoms with Crippen LogP contribution in [0.25, 0.3) is 61.0 Å². The van der Waals surface area contributed by atoms with Crippen LogP contribution >= 0.6 is 0 Å². The first-order valence-electron chi connectivity index (χ1n) is 13.3. The fraction of sp³-hybridized carbons (Fsp3) is 0.0938. The minimum absolute atomic E-state index is 0.0676. The Hall–Kier alpha value is -5.29. The van der Waals surface area contributed by atoms with Crippen LogP contribution in [0.4, 0.5) is 10.1 Å². The van der Waals surface area contributed by atoms with Crippen molar-refractivity contribution in [1.29, 1.82) is 0 Å². The molecular formula is C32H24FN5O4S. The fourth-order valence-electron chi connectivity index (χ4n) is 5.44. The van der Waals surface area contributed by atoms with Crippen molar-refractivity contribution in [3.63, 3.8) is 0 Å². The number of aromatic hydroxyl groups is 1. The molecule has 7 rings (SSSR count). The Morgan fingerprint density at radius 3 is 2.56 bits per heavy atom. The molecule has 0 saturated carbocycles. The van der Waals surface area contributed by atoms with Crippen LogP contribution in [0, 0.1) is 5.82 Å². The Labute approximate surface area is 246 Å². The van der Waals surface area contributed by atoms with E-state index in [4.69, 9.17) is 9.40 Å². The Balaban J connectivity index is 1.52. The van der Waals surface area contributed by atoms with Gasteiger partial charge in [-0.1, -0.05) is 6.07 Å². The normalized spacial score (nSPS) is 12.4. The average Bonchev–Trinajstić information content (AvgIpc) is 3.57. The number of halogens is 1. The molecule has 0 radical (unpaired) electrons. The zero-order valence-electron chi connectivity index (χ0n) is 23.3. The topological polar surface area (TPSA) is 113 Å². The van der Waals surface area contributed by atoms with Crippen molar-refractivity contribution < 1.29 is 22.9 Å². The molecule has 0 bridgehead atoms. The van der Waals surface area contributed by atoms with E-state index in [2.05, 4.69) is 10.3 Å². The highest BCUT2D eigenvalue weighted by Crippen LogP contribution is 2.41. The number of fused-ring (bicyclic) bond motifs is 6. The summed E-state index contributed by atoms with van der Waals surface area (Å²) >= 11 is 0. The number of nitrogens with one attached hydrogen (secondary N) is 1. The number of aromatic nitrogens is 3. The van der Waals surface area contributed by atoms with Crippen molar-refractivity contribution in [3.8, 4) is 28.5 Å². The summed E-state index contributed by atoms with van der Waals surface area (Å²) in [4.78, 5) is 22.5. The molecule has 0 spiro atoms. The second-order valence-electron chi connectivity index (χ2n) is 10.1. The van der Waals surface area contributed by atoms with Crippen LogP contribution in [0.5, 0.6) is 5.88 Å². The number of carbonyl (C=O) groups excluding carboxylic acids is 1. The predicted octanol–water partition coefficient (Wildman–Crippen LogP) is 6.05. The molecule has 43 heavy (non-hydrogen) atoms. The summed E-state index contributed by atoms with van der Waals surface area (Å²) in [5.74, 6) is -0.547. The van der Waals surface area contributed by atoms with E-state index < -0.39 is 16.8 Å². The highest BCUT2D eigenvalue weighted by atomic mass is 32.2. The van der Waals surface area contributed by atoms with Gasteiger partial charge in [0, 0.05) is 60.6 Å². The van der Waals surface area contributed by atoms with Gasteiger partial charge in [-0.05, 0) is 54.6 Å². The molecule has 5 heterocycles. The summed E-state index contributed by atoms with van der Waals surface area (Å²) in [7, 11) is 1.85. The monoisotopic (exact) mass is 593 g/mol. The number of nitrogens with zero attached hydrogens (tertiary/aromatic N) is 4. The highest BCUT2D eigenvalue weighted by molar-refractivity contribution is 7.85. The van der Waals surface area contributed by atoms with Crippen LogP contribution in [0.15, 0.2) is 83.4 Å². The zero-order valence-corrected chi connectivity index (χ0v) is 24.1. The quantitative estimate of drug-likeness (QED) is 0.251. The smallest absolute Gasteiger partial charge is 0.255 e. The number of rotatable bonds is 5. The average molecular weight is 594 g/mol. The maximum Gasteiger partial charge on any atom is 0.255 e. The molecule has 1 unspecified atom stereocenters. The Kier molecular flexibility index (Phi) is 6.13. The molecule has 0 saturated heterocycles. The summed E-state index contributed by atoms with van der Waals surface area (Å²) in [6.45, 7) is 0. The number of benzene rings is 2. The van der Waals surface area contributed by atoms with Crippen molar-refractivity contribution in [2.45, 2.75) is 0 Å². The molecule has 2 N–H and O–H groups in total. The first-order chi connectivity index (χ1) is 20.7. The van der Waals surface area contributed by atoms with E-state index in [0.29, 0.717) is 55.8 Å². The molecule has 1 amide bonds. The van der Waals surface area contributed by atoms with E-state index in [9.17, 15) is 18.5 Å². The molecule has 5 aromatic heterocycles. The number of anilines is 1. The second-order valence-corrected chi connectivity index (χ2v) is 11.5. The van der Waals surface area contributed by atoms with Crippen molar-refractivity contribution in [2.24, 2.45) is 0 Å². The van der Waals surface area contributed by atoms with Crippen LogP contribution in [-0.2, 0) is 11.0 Å². The molecule has 0 aliphatic heterocycles. The lowest BCUT2D eigenvalue weighted by atomic mass is 10.0. The summed E-state index contributed by atoms with van der Waals surface area (Å²) in [6.07, 6.45) is 3.51. The van der Waals surface area contributed by atoms with Crippen LogP contribution in [0.1, 0.15) is 10.4 Å². The van der Waals surface area contributed by atoms with Crippen LogP contribution in [0.3, 0.4) is 0 Å². The third-order valence-electron chi connectivity index (χ3n) is 7.62. The number of hydrogen-bond donors (Lipinski definition) is 2. The van der Waals surface area contributed by atoms with Gasteiger partial charge in [0.15, 0.2) is 0 Å². The molecule has 9 nitrogen and oxygen atoms in total. The van der Waals surface area contributed by atoms with Gasteiger partial charge in [-0.15, -0.1) is 0 Å². The predicted molar refractivity (Wildman–Crippen MR) is 166 cm³/mol. The van der Waals surface area contributed by atoms with E-state index >= 15 is 0 Å². The van der Waals surface area contributed by atoms with Gasteiger partial charge in [0.05, 0.1) is 39.0 Å². The minimum atomic E-state index is -1.39. The SMILES string of the molecule is CNC(=O)c1c(-c2ccc(F)cc2)oc2cc(N(C)S(C)=O)c(-c3ccc4ccn5c6ccc(O)nc6cc5c4n3)cc12. The highest BCUT2D eigenvalue weighted by Gasteiger charge is 2.25. The maximum atomic E-state index is 13.7. The summed E-state index contributed by atoms with van der Waals surface area (Å²) in [6, 6.07) is 20.3. The zero-order chi connectivity index (χ0) is 30.0. The van der Waals surface area contributed by atoms with E-state index in [1.54, 1.807) is 47.9 Å². The van der Waals surface area contributed by atoms with Crippen LogP contribution in [0.2, 0.25) is 0 Å². The molecule has 0 aliphatic carbocycles. The Bertz CT molecular complexity index is 2280. The molecule has 1 atom stereocenters. The number of hydrogen-bond acceptors (Lipinski definition) is 6. The molecule has 11 heteroatoms. The molecule has 0 aliphatic rings. The number of carbonyl (C=O) groups is 1. The summed E-state index contributed by atoms with van der Waals surface area (Å²) < 4.78 is 36.2. The van der Waals surface area contributed by atoms with E-state index in [0.717, 1.165) is 16.4 Å². The van der Waals surface area contributed by atoms with Gasteiger partial charge in [0.1, 0.15) is 28.1 Å². The van der Waals surface area contributed by atoms with Crippen molar-refractivity contribution >= 4 is 61.0 Å². The lowest BCUT2D eigenvalue weighted by molar-refractivity contribution is 0.0964. The Morgan fingerprint density at radius 2 is 1.81 bits per heavy atom. The number of pyridine rings is 3. The van der Waals surface area contributed by atoms with Crippen molar-refractivity contribution in [1.82, 2.24) is 19.7 Å². The van der Waals surface area contributed by atoms with Crippen molar-refractivity contribution in [2.75, 3.05) is 24.7 Å². The van der Waals surface area contributed by atoms with Gasteiger partial charge in [-0.25, -0.2) is 18.6 Å². The molecule has 2 aromatic carbocycles. The molecule has 214 valence electrons. The molecule has 7 aromatic rings. The maximum absolute atomic E-state index is 13.7. The van der Waals surface area contributed by atoms with Gasteiger partial charge in [-0.3, -0.25) is 9.10 Å². The third-order valence-corrected chi connectivity index (χ3v) is 8.59. The fourth-order valence-corrected chi connectivity index (χ4v) is 5.87. The number of furan rings is 1. The first kappa shape index (κ1) is 26.6. The van der Waals surface area contributed by atoms with E-state index in [1.165, 1.54) is 19.2 Å². The molecular weight excluding hydrogens is 569 g/mol. The second kappa shape index (κ2) is 9.92. The van der Waals surface area contributed by atoms with Crippen LogP contribution in [-0.4, -0.2) is 49.9 Å². The van der Waals surface area contributed by atoms with Crippen LogP contribution < -0.4 is 9.62 Å². The lowest BCUT2D eigenvalue weighted by Gasteiger charge is -2.19. The summed E-state index contributed by atoms with van der Waals surface area (Å²) in [5.41, 5.74) is 6.01. The number of amides is 1. The van der Waals surface area contributed by atoms with Gasteiger partial charge >= 0.3 is 0 Å².